The summed E-state index contributed by atoms with van der Waals surface area (Å²) in [7, 11) is 0. The van der Waals surface area contributed by atoms with Gasteiger partial charge in [-0.1, -0.05) is 37.8 Å². The lowest BCUT2D eigenvalue weighted by Gasteiger charge is -2.37. The van der Waals surface area contributed by atoms with Gasteiger partial charge in [-0.3, -0.25) is 24.6 Å². The number of carboxylic acid groups (broad SMARTS) is 1. The SMILES string of the molecule is C.CC(=O)O.O=C(CCN1CCN(c2ccc(OCc3ccccc3)cc2)CC1)N1CCC(Oc2ccc([N+](=O)[O-])c(C(F)(F)F)c2)CC1. The third-order valence-corrected chi connectivity index (χ3v) is 8.03. The van der Waals surface area contributed by atoms with Crippen LogP contribution in [0, 0.1) is 10.1 Å². The zero-order valence-electron chi connectivity index (χ0n) is 26.6. The standard InChI is InChI=1S/C32H35F3N4O5.C2H4O2.CH4/c33-32(34,35)29-22-28(10-11-30(29)39(41)42)44-27-12-16-38(17-13-27)31(40)14-15-36-18-20-37(21-19-36)25-6-8-26(9-7-25)43-23-24-4-2-1-3-5-24;1-2(3)4;/h1-11,22,27H,12-21,23H2;1H3,(H,3,4);1H4. The summed E-state index contributed by atoms with van der Waals surface area (Å²) in [5.41, 5.74) is -0.0855. The van der Waals surface area contributed by atoms with Gasteiger partial charge < -0.3 is 24.4 Å². The van der Waals surface area contributed by atoms with E-state index < -0.39 is 28.3 Å². The number of carbonyl (C=O) groups is 2. The summed E-state index contributed by atoms with van der Waals surface area (Å²) in [6, 6.07) is 20.8. The molecule has 2 aliphatic rings. The van der Waals surface area contributed by atoms with E-state index in [1.807, 2.05) is 42.5 Å². The van der Waals surface area contributed by atoms with Gasteiger partial charge in [0.2, 0.25) is 5.91 Å². The van der Waals surface area contributed by atoms with Crippen LogP contribution in [0.2, 0.25) is 0 Å². The van der Waals surface area contributed by atoms with E-state index in [9.17, 15) is 28.1 Å². The molecule has 0 aromatic heterocycles. The number of piperidine rings is 1. The molecular formula is C35H43F3N4O7. The summed E-state index contributed by atoms with van der Waals surface area (Å²) in [5, 5.41) is 18.4. The Balaban J connectivity index is 0.00000123. The summed E-state index contributed by atoms with van der Waals surface area (Å²) in [6.07, 6.45) is -3.90. The molecule has 0 radical (unpaired) electrons. The van der Waals surface area contributed by atoms with Crippen LogP contribution in [0.25, 0.3) is 0 Å². The average Bonchev–Trinajstić information content (AvgIpc) is 3.07. The molecule has 3 aromatic carbocycles. The lowest BCUT2D eigenvalue weighted by atomic mass is 10.1. The number of carboxylic acids is 1. The summed E-state index contributed by atoms with van der Waals surface area (Å²) in [4.78, 5) is 38.2. The number of aliphatic carboxylic acids is 1. The molecule has 0 aliphatic carbocycles. The summed E-state index contributed by atoms with van der Waals surface area (Å²) < 4.78 is 51.4. The van der Waals surface area contributed by atoms with Crippen molar-refractivity contribution in [3.05, 3.63) is 94.0 Å². The van der Waals surface area contributed by atoms with Crippen molar-refractivity contribution in [1.82, 2.24) is 9.80 Å². The number of amides is 1. The van der Waals surface area contributed by atoms with Crippen LogP contribution in [-0.4, -0.2) is 83.6 Å². The monoisotopic (exact) mass is 688 g/mol. The van der Waals surface area contributed by atoms with Gasteiger partial charge in [-0.25, -0.2) is 0 Å². The number of nitro groups is 1. The maximum absolute atomic E-state index is 13.3. The van der Waals surface area contributed by atoms with Gasteiger partial charge in [0.25, 0.3) is 11.7 Å². The number of ether oxygens (including phenoxy) is 2. The van der Waals surface area contributed by atoms with Crippen LogP contribution in [0.3, 0.4) is 0 Å². The Labute approximate surface area is 284 Å². The Morgan fingerprint density at radius 1 is 0.918 bits per heavy atom. The predicted octanol–water partition coefficient (Wildman–Crippen LogP) is 6.50. The molecule has 0 atom stereocenters. The molecule has 5 rings (SSSR count). The zero-order valence-corrected chi connectivity index (χ0v) is 26.6. The van der Waals surface area contributed by atoms with Crippen LogP contribution in [0.4, 0.5) is 24.5 Å². The first-order valence-electron chi connectivity index (χ1n) is 15.6. The molecular weight excluding hydrogens is 645 g/mol. The Bertz CT molecular complexity index is 1500. The maximum atomic E-state index is 13.3. The second-order valence-corrected chi connectivity index (χ2v) is 11.5. The molecule has 1 N–H and O–H groups in total. The fourth-order valence-electron chi connectivity index (χ4n) is 5.53. The van der Waals surface area contributed by atoms with Crippen LogP contribution in [-0.2, 0) is 22.4 Å². The van der Waals surface area contributed by atoms with E-state index in [-0.39, 0.29) is 25.2 Å². The van der Waals surface area contributed by atoms with E-state index in [2.05, 4.69) is 21.9 Å². The van der Waals surface area contributed by atoms with Crippen molar-refractivity contribution < 1.29 is 42.3 Å². The molecule has 0 bridgehead atoms. The lowest BCUT2D eigenvalue weighted by molar-refractivity contribution is -0.388. The Morgan fingerprint density at radius 2 is 1.51 bits per heavy atom. The molecule has 2 heterocycles. The Hall–Kier alpha value is -4.85. The van der Waals surface area contributed by atoms with E-state index in [0.29, 0.717) is 51.6 Å². The van der Waals surface area contributed by atoms with Gasteiger partial charge in [0.1, 0.15) is 29.8 Å². The van der Waals surface area contributed by atoms with Crippen LogP contribution < -0.4 is 14.4 Å². The minimum absolute atomic E-state index is 0. The highest BCUT2D eigenvalue weighted by Gasteiger charge is 2.39. The Morgan fingerprint density at radius 3 is 2.08 bits per heavy atom. The van der Waals surface area contributed by atoms with Crippen molar-refractivity contribution in [2.45, 2.75) is 52.5 Å². The third kappa shape index (κ3) is 12.0. The number of alkyl halides is 3. The summed E-state index contributed by atoms with van der Waals surface area (Å²) in [5.74, 6) is -0.0295. The second kappa shape index (κ2) is 18.1. The first kappa shape index (κ1) is 38.6. The fraction of sp³-hybridized carbons (Fsp3) is 0.429. The number of nitro benzene ring substituents is 1. The van der Waals surface area contributed by atoms with Crippen molar-refractivity contribution in [3.8, 4) is 11.5 Å². The third-order valence-electron chi connectivity index (χ3n) is 8.03. The number of anilines is 1. The fourth-order valence-corrected chi connectivity index (χ4v) is 5.53. The second-order valence-electron chi connectivity index (χ2n) is 11.5. The molecule has 14 heteroatoms. The molecule has 3 aromatic rings. The lowest BCUT2D eigenvalue weighted by Crippen LogP contribution is -2.48. The van der Waals surface area contributed by atoms with E-state index in [4.69, 9.17) is 19.4 Å². The van der Waals surface area contributed by atoms with E-state index in [0.717, 1.165) is 56.2 Å². The summed E-state index contributed by atoms with van der Waals surface area (Å²) >= 11 is 0. The van der Waals surface area contributed by atoms with Gasteiger partial charge >= 0.3 is 6.18 Å². The van der Waals surface area contributed by atoms with Crippen molar-refractivity contribution in [2.75, 3.05) is 50.7 Å². The van der Waals surface area contributed by atoms with Gasteiger partial charge in [-0.05, 0) is 42.0 Å². The topological polar surface area (TPSA) is 126 Å². The molecule has 0 unspecified atom stereocenters. The number of hydrogen-bond donors (Lipinski definition) is 1. The number of hydrogen-bond acceptors (Lipinski definition) is 8. The zero-order chi connectivity index (χ0) is 34.7. The first-order chi connectivity index (χ1) is 22.9. The van der Waals surface area contributed by atoms with Crippen molar-refractivity contribution in [3.63, 3.8) is 0 Å². The van der Waals surface area contributed by atoms with Gasteiger partial charge in [0.05, 0.1) is 4.92 Å². The van der Waals surface area contributed by atoms with Gasteiger partial charge in [0.15, 0.2) is 0 Å². The number of rotatable bonds is 10. The quantitative estimate of drug-likeness (QED) is 0.188. The smallest absolute Gasteiger partial charge is 0.423 e. The molecule has 11 nitrogen and oxygen atoms in total. The van der Waals surface area contributed by atoms with Crippen LogP contribution in [0.5, 0.6) is 11.5 Å². The number of benzene rings is 3. The highest BCUT2D eigenvalue weighted by Crippen LogP contribution is 2.38. The molecule has 0 saturated carbocycles. The predicted molar refractivity (Wildman–Crippen MR) is 179 cm³/mol. The van der Waals surface area contributed by atoms with E-state index >= 15 is 0 Å². The van der Waals surface area contributed by atoms with Gasteiger partial charge in [-0.2, -0.15) is 13.2 Å². The number of halogens is 3. The maximum Gasteiger partial charge on any atom is 0.423 e. The first-order valence-corrected chi connectivity index (χ1v) is 15.6. The molecule has 2 fully saturated rings. The van der Waals surface area contributed by atoms with Crippen LogP contribution in [0.15, 0.2) is 72.8 Å². The van der Waals surface area contributed by atoms with Crippen molar-refractivity contribution in [2.24, 2.45) is 0 Å². The normalized spacial score (nSPS) is 15.3. The number of likely N-dealkylation sites (tertiary alicyclic amines) is 1. The summed E-state index contributed by atoms with van der Waals surface area (Å²) in [6.45, 7) is 6.59. The van der Waals surface area contributed by atoms with E-state index in [1.165, 1.54) is 6.07 Å². The minimum Gasteiger partial charge on any atom is -0.490 e. The molecule has 1 amide bonds. The highest BCUT2D eigenvalue weighted by atomic mass is 19.4. The molecule has 2 aliphatic heterocycles. The minimum atomic E-state index is -4.87. The molecule has 49 heavy (non-hydrogen) atoms. The number of carbonyl (C=O) groups excluding carboxylic acids is 1. The number of nitrogens with zero attached hydrogens (tertiary/aromatic N) is 4. The van der Waals surface area contributed by atoms with Gasteiger partial charge in [0, 0.05) is 83.8 Å². The van der Waals surface area contributed by atoms with Crippen LogP contribution >= 0.6 is 0 Å². The van der Waals surface area contributed by atoms with E-state index in [1.54, 1.807) is 4.90 Å². The van der Waals surface area contributed by atoms with Crippen molar-refractivity contribution >= 4 is 23.3 Å². The molecule has 266 valence electrons. The molecule has 0 spiro atoms. The average molecular weight is 689 g/mol. The van der Waals surface area contributed by atoms with Crippen LogP contribution in [0.1, 0.15) is 44.7 Å². The number of piperazine rings is 1. The van der Waals surface area contributed by atoms with Crippen molar-refractivity contribution in [1.29, 1.82) is 0 Å². The Kier molecular flexibility index (Phi) is 14.2. The largest absolute Gasteiger partial charge is 0.490 e. The highest BCUT2D eigenvalue weighted by molar-refractivity contribution is 5.76. The van der Waals surface area contributed by atoms with Gasteiger partial charge in [-0.15, -0.1) is 0 Å². The molecule has 2 saturated heterocycles.